The van der Waals surface area contributed by atoms with Gasteiger partial charge in [0.25, 0.3) is 11.9 Å². The van der Waals surface area contributed by atoms with Gasteiger partial charge in [-0.1, -0.05) is 45.4 Å². The highest BCUT2D eigenvalue weighted by Crippen LogP contribution is 2.41. The van der Waals surface area contributed by atoms with Gasteiger partial charge in [-0.15, -0.1) is 5.10 Å². The maximum atomic E-state index is 13.9. The van der Waals surface area contributed by atoms with Crippen molar-refractivity contribution < 1.29 is 27.5 Å². The van der Waals surface area contributed by atoms with Crippen LogP contribution in [0.4, 0.5) is 29.6 Å². The maximum absolute atomic E-state index is 13.9. The van der Waals surface area contributed by atoms with Crippen LogP contribution < -0.4 is 15.4 Å². The third-order valence-electron chi connectivity index (χ3n) is 8.47. The molecule has 0 saturated heterocycles. The van der Waals surface area contributed by atoms with Crippen LogP contribution in [-0.4, -0.2) is 50.1 Å². The highest BCUT2D eigenvalue weighted by Gasteiger charge is 2.37. The van der Waals surface area contributed by atoms with E-state index in [2.05, 4.69) is 52.0 Å². The Morgan fingerprint density at radius 1 is 0.978 bits per heavy atom. The molecule has 1 heterocycles. The van der Waals surface area contributed by atoms with Gasteiger partial charge in [-0.25, -0.2) is 4.79 Å². The molecule has 0 radical (unpaired) electrons. The van der Waals surface area contributed by atoms with E-state index in [9.17, 15) is 22.8 Å². The van der Waals surface area contributed by atoms with Gasteiger partial charge >= 0.3 is 12.2 Å². The van der Waals surface area contributed by atoms with Crippen molar-refractivity contribution in [2.45, 2.75) is 85.5 Å². The summed E-state index contributed by atoms with van der Waals surface area (Å²) in [4.78, 5) is 27.9. The average Bonchev–Trinajstić information content (AvgIpc) is 3.67. The minimum absolute atomic E-state index is 0. The number of aromatic nitrogens is 4. The summed E-state index contributed by atoms with van der Waals surface area (Å²) in [6.07, 6.45) is 0.724. The van der Waals surface area contributed by atoms with Crippen molar-refractivity contribution in [1.29, 1.82) is 0 Å². The lowest BCUT2D eigenvalue weighted by atomic mass is 9.71. The molecule has 5 rings (SSSR count). The lowest BCUT2D eigenvalue weighted by Gasteiger charge is -2.41. The van der Waals surface area contributed by atoms with E-state index in [1.54, 1.807) is 29.2 Å². The number of rotatable bonds is 9. The van der Waals surface area contributed by atoms with Crippen molar-refractivity contribution in [3.63, 3.8) is 0 Å². The number of H-pyrrole nitrogens is 1. The number of alkyl halides is 3. The van der Waals surface area contributed by atoms with Crippen LogP contribution in [0.25, 0.3) is 0 Å². The summed E-state index contributed by atoms with van der Waals surface area (Å²) in [5.74, 6) is 0.203. The van der Waals surface area contributed by atoms with Gasteiger partial charge in [-0.05, 0) is 96.9 Å². The molecule has 1 aromatic heterocycles. The second kappa shape index (κ2) is 13.9. The van der Waals surface area contributed by atoms with Crippen LogP contribution in [-0.2, 0) is 12.7 Å². The van der Waals surface area contributed by atoms with Crippen molar-refractivity contribution in [2.24, 2.45) is 17.3 Å². The average molecular weight is 630 g/mol. The van der Waals surface area contributed by atoms with E-state index in [1.807, 2.05) is 0 Å². The Morgan fingerprint density at radius 2 is 1.67 bits per heavy atom. The molecule has 3 amide bonds. The van der Waals surface area contributed by atoms with Gasteiger partial charge in [0.15, 0.2) is 0 Å². The molecular weight excluding hydrogens is 587 g/mol. The molecule has 2 aromatic carbocycles. The number of carbonyl (C=O) groups excluding carboxylic acids is 2. The molecular formula is C32H42F3N7O3. The molecule has 10 nitrogen and oxygen atoms in total. The molecule has 2 saturated carbocycles. The number of urea groups is 1. The topological polar surface area (TPSA) is 125 Å². The van der Waals surface area contributed by atoms with E-state index in [0.29, 0.717) is 17.4 Å². The Balaban J connectivity index is 0.00000461. The fraction of sp³-hybridized carbons (Fsp3) is 0.531. The first-order valence-corrected chi connectivity index (χ1v) is 14.9. The van der Waals surface area contributed by atoms with Crippen LogP contribution in [0.1, 0.15) is 88.2 Å². The predicted octanol–water partition coefficient (Wildman–Crippen LogP) is 7.53. The number of benzene rings is 2. The van der Waals surface area contributed by atoms with Gasteiger partial charge in [-0.3, -0.25) is 10.1 Å². The predicted molar refractivity (Wildman–Crippen MR) is 165 cm³/mol. The summed E-state index contributed by atoms with van der Waals surface area (Å²) < 4.78 is 47.3. The van der Waals surface area contributed by atoms with Gasteiger partial charge in [-0.2, -0.15) is 18.4 Å². The second-order valence-corrected chi connectivity index (χ2v) is 12.8. The number of tetrazole rings is 1. The number of hydrogen-bond donors (Lipinski definition) is 3. The van der Waals surface area contributed by atoms with Crippen LogP contribution in [0.15, 0.2) is 42.5 Å². The van der Waals surface area contributed by atoms with E-state index in [-0.39, 0.29) is 49.4 Å². The SMILES string of the molecule is C.CC(C)(C)C1CCC(N(Cc2ccc(C(=O)Nc3nn[nH]n3)cc2)C(=O)Nc2ccc(OCC3CC3)c(C(F)(F)F)c2)CC1. The van der Waals surface area contributed by atoms with Crippen molar-refractivity contribution in [2.75, 3.05) is 17.2 Å². The molecule has 2 aliphatic carbocycles. The zero-order valence-corrected chi connectivity index (χ0v) is 25.1. The number of hydrogen-bond acceptors (Lipinski definition) is 6. The van der Waals surface area contributed by atoms with Gasteiger partial charge in [0.2, 0.25) is 0 Å². The molecule has 244 valence electrons. The van der Waals surface area contributed by atoms with Gasteiger partial charge in [0, 0.05) is 23.8 Å². The number of halogens is 3. The van der Waals surface area contributed by atoms with Crippen molar-refractivity contribution in [1.82, 2.24) is 25.5 Å². The van der Waals surface area contributed by atoms with Gasteiger partial charge in [0.05, 0.1) is 12.2 Å². The number of aromatic amines is 1. The smallest absolute Gasteiger partial charge is 0.420 e. The standard InChI is InChI=1S/C31H38F3N7O3.CH4/c1-30(2,3)22-10-13-24(14-11-22)41(17-19-6-8-21(9-7-19)27(42)36-28-37-39-40-38-28)29(43)35-23-12-15-26(44-18-20-4-5-20)25(16-23)31(32,33)34;/h6-9,12,15-16,20,22,24H,4-5,10-11,13-14,17-18H2,1-3H3,(H,35,43)(H2,36,37,38,39,40,42);1H4. The Bertz CT molecular complexity index is 1430. The van der Waals surface area contributed by atoms with E-state index in [1.165, 1.54) is 12.1 Å². The molecule has 13 heteroatoms. The third-order valence-corrected chi connectivity index (χ3v) is 8.47. The Labute approximate surface area is 261 Å². The quantitative estimate of drug-likeness (QED) is 0.225. The Morgan fingerprint density at radius 3 is 2.24 bits per heavy atom. The first-order chi connectivity index (χ1) is 20.9. The fourth-order valence-corrected chi connectivity index (χ4v) is 5.61. The lowest BCUT2D eigenvalue weighted by Crippen LogP contribution is -2.45. The monoisotopic (exact) mass is 629 g/mol. The van der Waals surface area contributed by atoms with Crippen LogP contribution in [0.5, 0.6) is 5.75 Å². The van der Waals surface area contributed by atoms with Gasteiger partial charge in [0.1, 0.15) is 5.75 Å². The summed E-state index contributed by atoms with van der Waals surface area (Å²) in [7, 11) is 0. The van der Waals surface area contributed by atoms with E-state index >= 15 is 0 Å². The zero-order valence-electron chi connectivity index (χ0n) is 25.1. The second-order valence-electron chi connectivity index (χ2n) is 12.8. The minimum Gasteiger partial charge on any atom is -0.493 e. The maximum Gasteiger partial charge on any atom is 0.420 e. The lowest BCUT2D eigenvalue weighted by molar-refractivity contribution is -0.138. The fourth-order valence-electron chi connectivity index (χ4n) is 5.61. The van der Waals surface area contributed by atoms with Crippen LogP contribution in [0, 0.1) is 17.3 Å². The molecule has 0 bridgehead atoms. The molecule has 0 atom stereocenters. The number of ether oxygens (including phenoxy) is 1. The highest BCUT2D eigenvalue weighted by molar-refractivity contribution is 6.03. The summed E-state index contributed by atoms with van der Waals surface area (Å²) in [5.41, 5.74) is 0.413. The molecule has 3 N–H and O–H groups in total. The Hall–Kier alpha value is -4.16. The Kier molecular flexibility index (Phi) is 10.4. The first kappa shape index (κ1) is 33.7. The van der Waals surface area contributed by atoms with Crippen molar-refractivity contribution in [3.8, 4) is 5.75 Å². The molecule has 45 heavy (non-hydrogen) atoms. The summed E-state index contributed by atoms with van der Waals surface area (Å²) in [6.45, 7) is 7.12. The molecule has 3 aromatic rings. The van der Waals surface area contributed by atoms with Crippen LogP contribution in [0.2, 0.25) is 0 Å². The van der Waals surface area contributed by atoms with Crippen LogP contribution in [0.3, 0.4) is 0 Å². The molecule has 0 spiro atoms. The molecule has 2 aliphatic rings. The van der Waals surface area contributed by atoms with Gasteiger partial charge < -0.3 is 15.0 Å². The number of nitrogens with one attached hydrogen (secondary N) is 3. The van der Waals surface area contributed by atoms with E-state index < -0.39 is 23.7 Å². The van der Waals surface area contributed by atoms with E-state index in [4.69, 9.17) is 4.74 Å². The molecule has 0 unspecified atom stereocenters. The highest BCUT2D eigenvalue weighted by atomic mass is 19.4. The normalized spacial score (nSPS) is 18.4. The third kappa shape index (κ3) is 8.95. The largest absolute Gasteiger partial charge is 0.493 e. The molecule has 2 fully saturated rings. The number of anilines is 2. The van der Waals surface area contributed by atoms with Crippen molar-refractivity contribution >= 4 is 23.6 Å². The van der Waals surface area contributed by atoms with Crippen molar-refractivity contribution in [3.05, 3.63) is 59.2 Å². The van der Waals surface area contributed by atoms with Crippen LogP contribution >= 0.6 is 0 Å². The number of carbonyl (C=O) groups is 2. The number of nitrogens with zero attached hydrogens (tertiary/aromatic N) is 4. The number of amides is 3. The summed E-state index contributed by atoms with van der Waals surface area (Å²) in [5, 5.41) is 18.3. The summed E-state index contributed by atoms with van der Waals surface area (Å²) in [6, 6.07) is 9.84. The summed E-state index contributed by atoms with van der Waals surface area (Å²) >= 11 is 0. The molecule has 0 aliphatic heterocycles. The first-order valence-electron chi connectivity index (χ1n) is 14.9. The zero-order chi connectivity index (χ0) is 31.5. The minimum atomic E-state index is -4.64. The van der Waals surface area contributed by atoms with E-state index in [0.717, 1.165) is 50.2 Å².